The molecule has 22 heavy (non-hydrogen) atoms. The number of rotatable bonds is 4. The Hall–Kier alpha value is -2.08. The van der Waals surface area contributed by atoms with Crippen molar-refractivity contribution in [2.45, 2.75) is 25.3 Å². The number of carbonyl (C=O) groups is 2. The first-order valence-electron chi connectivity index (χ1n) is 7.50. The zero-order valence-corrected chi connectivity index (χ0v) is 12.3. The van der Waals surface area contributed by atoms with Crippen LogP contribution in [0.1, 0.15) is 17.5 Å². The van der Waals surface area contributed by atoms with Gasteiger partial charge in [0.1, 0.15) is 5.75 Å². The van der Waals surface area contributed by atoms with Gasteiger partial charge in [-0.25, -0.2) is 4.79 Å². The third kappa shape index (κ3) is 3.06. The molecule has 0 bridgehead atoms. The van der Waals surface area contributed by atoms with E-state index in [0.717, 1.165) is 19.3 Å². The van der Waals surface area contributed by atoms with Crippen LogP contribution < -0.4 is 4.74 Å². The normalized spacial score (nSPS) is 20.5. The second kappa shape index (κ2) is 6.36. The molecule has 6 nitrogen and oxygen atoms in total. The van der Waals surface area contributed by atoms with Gasteiger partial charge in [0.05, 0.1) is 13.2 Å². The maximum absolute atomic E-state index is 12.2. The van der Waals surface area contributed by atoms with Gasteiger partial charge in [0, 0.05) is 6.54 Å². The van der Waals surface area contributed by atoms with Crippen LogP contribution in [-0.2, 0) is 27.2 Å². The number of carbonyl (C=O) groups excluding carboxylic acids is 1. The average Bonchev–Trinajstić information content (AvgIpc) is 3.00. The number of hydrogen-bond acceptors (Lipinski definition) is 4. The van der Waals surface area contributed by atoms with Gasteiger partial charge < -0.3 is 19.5 Å². The van der Waals surface area contributed by atoms with Crippen LogP contribution >= 0.6 is 0 Å². The number of aryl methyl sites for hydroxylation is 2. The molecule has 1 amide bonds. The largest absolute Gasteiger partial charge is 0.484 e. The van der Waals surface area contributed by atoms with E-state index in [0.29, 0.717) is 12.4 Å². The summed E-state index contributed by atoms with van der Waals surface area (Å²) in [5.74, 6) is -0.712. The van der Waals surface area contributed by atoms with Crippen LogP contribution in [0, 0.1) is 0 Å². The molecule has 1 atom stereocenters. The number of aliphatic carboxylic acids is 1. The fraction of sp³-hybridized carbons (Fsp3) is 0.500. The molecule has 0 aromatic heterocycles. The van der Waals surface area contributed by atoms with Gasteiger partial charge in [0.15, 0.2) is 12.6 Å². The van der Waals surface area contributed by atoms with Crippen LogP contribution in [0.5, 0.6) is 5.75 Å². The molecule has 1 heterocycles. The number of amides is 1. The van der Waals surface area contributed by atoms with Gasteiger partial charge in [-0.3, -0.25) is 4.79 Å². The van der Waals surface area contributed by atoms with Crippen molar-refractivity contribution in [2.24, 2.45) is 0 Å². The van der Waals surface area contributed by atoms with Gasteiger partial charge in [0.2, 0.25) is 0 Å². The van der Waals surface area contributed by atoms with Gasteiger partial charge in [0.25, 0.3) is 5.91 Å². The Morgan fingerprint density at radius 2 is 2.14 bits per heavy atom. The molecule has 1 aliphatic carbocycles. The fourth-order valence-electron chi connectivity index (χ4n) is 2.97. The number of fused-ring (bicyclic) bond motifs is 1. The molecule has 118 valence electrons. The van der Waals surface area contributed by atoms with Crippen molar-refractivity contribution >= 4 is 11.9 Å². The van der Waals surface area contributed by atoms with Gasteiger partial charge in [-0.2, -0.15) is 0 Å². The third-order valence-electron chi connectivity index (χ3n) is 4.17. The van der Waals surface area contributed by atoms with Crippen molar-refractivity contribution in [2.75, 3.05) is 26.4 Å². The predicted molar refractivity (Wildman–Crippen MR) is 77.9 cm³/mol. The van der Waals surface area contributed by atoms with Crippen molar-refractivity contribution in [3.63, 3.8) is 0 Å². The Balaban J connectivity index is 1.60. The molecular weight excluding hydrogens is 286 g/mol. The summed E-state index contributed by atoms with van der Waals surface area (Å²) in [7, 11) is 0. The minimum atomic E-state index is -1.05. The summed E-state index contributed by atoms with van der Waals surface area (Å²) in [4.78, 5) is 24.7. The number of morpholine rings is 1. The molecule has 6 heteroatoms. The topological polar surface area (TPSA) is 76.1 Å². The standard InChI is InChI=1S/C16H19NO5/c18-15(17-6-7-21-9-14(17)16(19)20)10-22-13-5-4-11-2-1-3-12(11)8-13/h4-5,8,14H,1-3,6-7,9-10H2,(H,19,20). The number of ether oxygens (including phenoxy) is 2. The molecular formula is C16H19NO5. The maximum Gasteiger partial charge on any atom is 0.328 e. The number of carboxylic acids is 1. The van der Waals surface area contributed by atoms with Gasteiger partial charge >= 0.3 is 5.97 Å². The molecule has 1 aromatic rings. The van der Waals surface area contributed by atoms with E-state index >= 15 is 0 Å². The molecule has 0 radical (unpaired) electrons. The first kappa shape index (κ1) is 14.8. The lowest BCUT2D eigenvalue weighted by atomic mass is 10.1. The van der Waals surface area contributed by atoms with Crippen molar-refractivity contribution in [1.82, 2.24) is 4.90 Å². The second-order valence-electron chi connectivity index (χ2n) is 5.59. The van der Waals surface area contributed by atoms with Gasteiger partial charge in [-0.1, -0.05) is 6.07 Å². The molecule has 1 aliphatic heterocycles. The molecule has 1 saturated heterocycles. The van der Waals surface area contributed by atoms with Gasteiger partial charge in [-0.05, 0) is 42.5 Å². The van der Waals surface area contributed by atoms with E-state index in [4.69, 9.17) is 14.6 Å². The highest BCUT2D eigenvalue weighted by atomic mass is 16.5. The van der Waals surface area contributed by atoms with Crippen molar-refractivity contribution in [3.8, 4) is 5.75 Å². The average molecular weight is 305 g/mol. The van der Waals surface area contributed by atoms with E-state index in [1.54, 1.807) is 0 Å². The summed E-state index contributed by atoms with van der Waals surface area (Å²) in [5.41, 5.74) is 2.62. The van der Waals surface area contributed by atoms with Crippen LogP contribution in [0.3, 0.4) is 0 Å². The Morgan fingerprint density at radius 1 is 1.32 bits per heavy atom. The quantitative estimate of drug-likeness (QED) is 0.893. The summed E-state index contributed by atoms with van der Waals surface area (Å²) in [6.45, 7) is 0.514. The Morgan fingerprint density at radius 3 is 2.95 bits per heavy atom. The van der Waals surface area contributed by atoms with Crippen LogP contribution in [0.15, 0.2) is 18.2 Å². The minimum absolute atomic E-state index is 0.0277. The van der Waals surface area contributed by atoms with E-state index in [1.165, 1.54) is 16.0 Å². The molecule has 2 aliphatic rings. The molecule has 0 spiro atoms. The zero-order chi connectivity index (χ0) is 15.5. The van der Waals surface area contributed by atoms with Crippen molar-refractivity contribution in [3.05, 3.63) is 29.3 Å². The first-order chi connectivity index (χ1) is 10.6. The first-order valence-corrected chi connectivity index (χ1v) is 7.50. The smallest absolute Gasteiger partial charge is 0.328 e. The Kier molecular flexibility index (Phi) is 4.29. The molecule has 1 unspecified atom stereocenters. The fourth-order valence-corrected chi connectivity index (χ4v) is 2.97. The van der Waals surface area contributed by atoms with Crippen molar-refractivity contribution < 1.29 is 24.2 Å². The number of carboxylic acid groups (broad SMARTS) is 1. The number of nitrogens with zero attached hydrogens (tertiary/aromatic N) is 1. The molecule has 1 N–H and O–H groups in total. The summed E-state index contributed by atoms with van der Waals surface area (Å²) in [6, 6.07) is 4.95. The third-order valence-corrected chi connectivity index (χ3v) is 4.17. The minimum Gasteiger partial charge on any atom is -0.484 e. The summed E-state index contributed by atoms with van der Waals surface area (Å²) < 4.78 is 10.7. The second-order valence-corrected chi connectivity index (χ2v) is 5.59. The lowest BCUT2D eigenvalue weighted by Crippen LogP contribution is -2.53. The van der Waals surface area contributed by atoms with E-state index in [9.17, 15) is 9.59 Å². The monoisotopic (exact) mass is 305 g/mol. The summed E-state index contributed by atoms with van der Waals surface area (Å²) in [5, 5.41) is 9.13. The highest BCUT2D eigenvalue weighted by molar-refractivity contribution is 5.84. The number of hydrogen-bond donors (Lipinski definition) is 1. The summed E-state index contributed by atoms with van der Waals surface area (Å²) >= 11 is 0. The highest BCUT2D eigenvalue weighted by Crippen LogP contribution is 2.26. The zero-order valence-electron chi connectivity index (χ0n) is 12.3. The molecule has 1 fully saturated rings. The van der Waals surface area contributed by atoms with E-state index < -0.39 is 12.0 Å². The highest BCUT2D eigenvalue weighted by Gasteiger charge is 2.32. The molecule has 0 saturated carbocycles. The van der Waals surface area contributed by atoms with E-state index in [-0.39, 0.29) is 25.7 Å². The van der Waals surface area contributed by atoms with Crippen LogP contribution in [0.2, 0.25) is 0 Å². The van der Waals surface area contributed by atoms with Crippen LogP contribution in [0.4, 0.5) is 0 Å². The van der Waals surface area contributed by atoms with Gasteiger partial charge in [-0.15, -0.1) is 0 Å². The lowest BCUT2D eigenvalue weighted by Gasteiger charge is -2.32. The molecule has 3 rings (SSSR count). The SMILES string of the molecule is O=C(O)C1COCCN1C(=O)COc1ccc2c(c1)CCC2. The predicted octanol–water partition coefficient (Wildman–Crippen LogP) is 0.866. The van der Waals surface area contributed by atoms with Crippen LogP contribution in [-0.4, -0.2) is 54.3 Å². The summed E-state index contributed by atoms with van der Waals surface area (Å²) in [6.07, 6.45) is 3.30. The maximum atomic E-state index is 12.2. The lowest BCUT2D eigenvalue weighted by molar-refractivity contribution is -0.159. The molecule has 1 aromatic carbocycles. The van der Waals surface area contributed by atoms with Crippen molar-refractivity contribution in [1.29, 1.82) is 0 Å². The Bertz CT molecular complexity index is 586. The van der Waals surface area contributed by atoms with E-state index in [2.05, 4.69) is 0 Å². The van der Waals surface area contributed by atoms with E-state index in [1.807, 2.05) is 18.2 Å². The Labute approximate surface area is 128 Å². The van der Waals surface area contributed by atoms with Crippen LogP contribution in [0.25, 0.3) is 0 Å². The number of benzene rings is 1.